The molecule has 2 aliphatic rings. The summed E-state index contributed by atoms with van der Waals surface area (Å²) in [7, 11) is 0. The first-order valence-electron chi connectivity index (χ1n) is 20.0. The molecule has 2 aliphatic carbocycles. The lowest BCUT2D eigenvalue weighted by atomic mass is 9.69. The lowest BCUT2D eigenvalue weighted by Gasteiger charge is -2.33. The van der Waals surface area contributed by atoms with Crippen LogP contribution in [0.5, 0.6) is 0 Å². The molecule has 0 bridgehead atoms. The van der Waals surface area contributed by atoms with Gasteiger partial charge in [0.2, 0.25) is 0 Å². The van der Waals surface area contributed by atoms with Crippen molar-refractivity contribution in [2.45, 2.75) is 24.7 Å². The zero-order valence-corrected chi connectivity index (χ0v) is 32.2. The van der Waals surface area contributed by atoms with Gasteiger partial charge >= 0.3 is 0 Å². The maximum atomic E-state index is 2.50. The second-order valence-electron chi connectivity index (χ2n) is 16.1. The Labute approximate surface area is 335 Å². The molecule has 0 radical (unpaired) electrons. The molecule has 0 atom stereocenters. The topological polar surface area (TPSA) is 3.24 Å². The molecule has 0 aliphatic heterocycles. The van der Waals surface area contributed by atoms with Gasteiger partial charge in [0.25, 0.3) is 0 Å². The number of rotatable bonds is 6. The van der Waals surface area contributed by atoms with Crippen molar-refractivity contribution < 1.29 is 0 Å². The van der Waals surface area contributed by atoms with Crippen LogP contribution in [0.15, 0.2) is 212 Å². The Morgan fingerprint density at radius 2 is 0.860 bits per heavy atom. The van der Waals surface area contributed by atoms with Gasteiger partial charge < -0.3 is 4.90 Å². The van der Waals surface area contributed by atoms with Crippen molar-refractivity contribution in [2.75, 3.05) is 4.90 Å². The molecule has 270 valence electrons. The molecule has 0 amide bonds. The van der Waals surface area contributed by atoms with Gasteiger partial charge in [-0.05, 0) is 114 Å². The van der Waals surface area contributed by atoms with Gasteiger partial charge in [-0.15, -0.1) is 0 Å². The molecule has 0 heterocycles. The number of anilines is 3. The van der Waals surface area contributed by atoms with E-state index in [1.165, 1.54) is 77.5 Å². The van der Waals surface area contributed by atoms with Crippen molar-refractivity contribution >= 4 is 27.8 Å². The molecule has 1 heteroatoms. The van der Waals surface area contributed by atoms with Crippen molar-refractivity contribution in [2.24, 2.45) is 0 Å². The van der Waals surface area contributed by atoms with E-state index in [9.17, 15) is 0 Å². The van der Waals surface area contributed by atoms with Gasteiger partial charge in [-0.3, -0.25) is 0 Å². The van der Waals surface area contributed by atoms with E-state index in [0.29, 0.717) is 0 Å². The summed E-state index contributed by atoms with van der Waals surface area (Å²) in [6, 6.07) is 78.8. The van der Waals surface area contributed by atoms with Crippen LogP contribution in [0.2, 0.25) is 0 Å². The third-order valence-corrected chi connectivity index (χ3v) is 12.8. The maximum Gasteiger partial charge on any atom is 0.0732 e. The molecule has 0 aromatic heterocycles. The molecular weight excluding hydrogens is 687 g/mol. The van der Waals surface area contributed by atoms with Crippen LogP contribution in [0.4, 0.5) is 17.1 Å². The Hall–Kier alpha value is -6.96. The van der Waals surface area contributed by atoms with E-state index in [-0.39, 0.29) is 5.41 Å². The smallest absolute Gasteiger partial charge is 0.0732 e. The summed E-state index contributed by atoms with van der Waals surface area (Å²) in [6.07, 6.45) is 0. The molecule has 9 aromatic carbocycles. The predicted octanol–water partition coefficient (Wildman–Crippen LogP) is 14.6. The lowest BCUT2D eigenvalue weighted by Crippen LogP contribution is -2.26. The van der Waals surface area contributed by atoms with Crippen LogP contribution >= 0.6 is 0 Å². The van der Waals surface area contributed by atoms with Crippen molar-refractivity contribution in [3.05, 3.63) is 246 Å². The maximum absolute atomic E-state index is 2.50. The minimum atomic E-state index is -0.471. The number of hydrogen-bond donors (Lipinski definition) is 0. The average molecular weight is 728 g/mol. The zero-order valence-electron chi connectivity index (χ0n) is 32.2. The quantitative estimate of drug-likeness (QED) is 0.165. The van der Waals surface area contributed by atoms with E-state index in [1.54, 1.807) is 0 Å². The van der Waals surface area contributed by atoms with Gasteiger partial charge in [-0.25, -0.2) is 0 Å². The monoisotopic (exact) mass is 727 g/mol. The predicted molar refractivity (Wildman–Crippen MR) is 239 cm³/mol. The fourth-order valence-corrected chi connectivity index (χ4v) is 9.98. The van der Waals surface area contributed by atoms with E-state index in [2.05, 4.69) is 231 Å². The standard InChI is InChI=1S/C56H41N/c1-55(2,41-18-7-4-8-19-41)42-28-32-44(33-29-42)57(43-30-25-39(26-31-43)38-15-5-3-6-16-38)45-34-36-49-50-35-27-40-17-9-10-20-46(40)54(50)56(53(49)37-45)51-23-13-11-21-47(51)48-22-12-14-24-52(48)56/h3-37H,1-2H3. The van der Waals surface area contributed by atoms with Crippen molar-refractivity contribution in [1.29, 1.82) is 0 Å². The third kappa shape index (κ3) is 4.95. The van der Waals surface area contributed by atoms with E-state index in [4.69, 9.17) is 0 Å². The summed E-state index contributed by atoms with van der Waals surface area (Å²) in [5.74, 6) is 0. The van der Waals surface area contributed by atoms with Crippen molar-refractivity contribution in [3.8, 4) is 33.4 Å². The Morgan fingerprint density at radius 1 is 0.368 bits per heavy atom. The largest absolute Gasteiger partial charge is 0.310 e. The van der Waals surface area contributed by atoms with Crippen LogP contribution in [0.3, 0.4) is 0 Å². The Morgan fingerprint density at radius 3 is 1.54 bits per heavy atom. The van der Waals surface area contributed by atoms with Crippen LogP contribution in [-0.4, -0.2) is 0 Å². The number of benzene rings is 9. The van der Waals surface area contributed by atoms with E-state index >= 15 is 0 Å². The zero-order chi connectivity index (χ0) is 38.1. The van der Waals surface area contributed by atoms with E-state index in [1.807, 2.05) is 0 Å². The summed E-state index contributed by atoms with van der Waals surface area (Å²) >= 11 is 0. The number of nitrogens with zero attached hydrogens (tertiary/aromatic N) is 1. The van der Waals surface area contributed by atoms with Crippen LogP contribution in [-0.2, 0) is 10.8 Å². The summed E-state index contributed by atoms with van der Waals surface area (Å²) in [5, 5.41) is 2.58. The second-order valence-corrected chi connectivity index (χ2v) is 16.1. The van der Waals surface area contributed by atoms with Gasteiger partial charge in [0, 0.05) is 22.5 Å². The van der Waals surface area contributed by atoms with E-state index < -0.39 is 5.41 Å². The molecule has 0 unspecified atom stereocenters. The highest BCUT2D eigenvalue weighted by Crippen LogP contribution is 2.64. The fraction of sp³-hybridized carbons (Fsp3) is 0.0714. The highest BCUT2D eigenvalue weighted by atomic mass is 15.1. The molecule has 1 spiro atoms. The molecule has 0 N–H and O–H groups in total. The van der Waals surface area contributed by atoms with E-state index in [0.717, 1.165) is 17.1 Å². The Bertz CT molecular complexity index is 2910. The fourth-order valence-electron chi connectivity index (χ4n) is 9.98. The van der Waals surface area contributed by atoms with Crippen molar-refractivity contribution in [1.82, 2.24) is 0 Å². The summed E-state index contributed by atoms with van der Waals surface area (Å²) in [5.41, 5.74) is 18.4. The highest BCUT2D eigenvalue weighted by molar-refractivity contribution is 6.04. The van der Waals surface area contributed by atoms with Crippen LogP contribution < -0.4 is 4.90 Å². The SMILES string of the molecule is CC(C)(c1ccccc1)c1ccc(N(c2ccc(-c3ccccc3)cc2)c2ccc3c(c2)C2(c4ccccc4-c4ccccc42)c2c-3ccc3ccccc23)cc1. The molecule has 1 nitrogen and oxygen atoms in total. The summed E-state index contributed by atoms with van der Waals surface area (Å²) in [6.45, 7) is 4.63. The minimum Gasteiger partial charge on any atom is -0.310 e. The normalized spacial score (nSPS) is 13.2. The minimum absolute atomic E-state index is 0.139. The molecule has 0 saturated heterocycles. The highest BCUT2D eigenvalue weighted by Gasteiger charge is 2.52. The van der Waals surface area contributed by atoms with Crippen LogP contribution in [0.1, 0.15) is 47.2 Å². The Kier molecular flexibility index (Phi) is 7.50. The third-order valence-electron chi connectivity index (χ3n) is 12.8. The Balaban J connectivity index is 1.14. The lowest BCUT2D eigenvalue weighted by molar-refractivity contribution is 0.641. The van der Waals surface area contributed by atoms with Gasteiger partial charge in [0.15, 0.2) is 0 Å². The summed E-state index contributed by atoms with van der Waals surface area (Å²) in [4.78, 5) is 2.44. The molecule has 0 saturated carbocycles. The number of hydrogen-bond acceptors (Lipinski definition) is 1. The van der Waals surface area contributed by atoms with Crippen molar-refractivity contribution in [3.63, 3.8) is 0 Å². The van der Waals surface area contributed by atoms with Crippen LogP contribution in [0, 0.1) is 0 Å². The first-order chi connectivity index (χ1) is 28.0. The van der Waals surface area contributed by atoms with Gasteiger partial charge in [0.05, 0.1) is 5.41 Å². The van der Waals surface area contributed by atoms with Gasteiger partial charge in [-0.1, -0.05) is 190 Å². The molecular formula is C56H41N. The summed E-state index contributed by atoms with van der Waals surface area (Å²) < 4.78 is 0. The molecule has 57 heavy (non-hydrogen) atoms. The molecule has 11 rings (SSSR count). The molecule has 9 aromatic rings. The van der Waals surface area contributed by atoms with Gasteiger partial charge in [-0.2, -0.15) is 0 Å². The second kappa shape index (κ2) is 12.8. The average Bonchev–Trinajstić information content (AvgIpc) is 3.75. The first-order valence-corrected chi connectivity index (χ1v) is 20.0. The van der Waals surface area contributed by atoms with Crippen LogP contribution in [0.25, 0.3) is 44.2 Å². The van der Waals surface area contributed by atoms with Gasteiger partial charge in [0.1, 0.15) is 0 Å². The first kappa shape index (κ1) is 33.4. The number of fused-ring (bicyclic) bond motifs is 12. The molecule has 0 fully saturated rings.